The maximum Gasteiger partial charge on any atom is 3.00 e. The summed E-state index contributed by atoms with van der Waals surface area (Å²) in [5.74, 6) is 0. The second-order valence-electron chi connectivity index (χ2n) is 0. The van der Waals surface area contributed by atoms with E-state index < -0.39 is 0 Å². The topological polar surface area (TPSA) is 150 Å². The minimum atomic E-state index is 0. The number of hydrogen-bond donors (Lipinski definition) is 0. The van der Waals surface area contributed by atoms with E-state index in [9.17, 15) is 0 Å². The molecule has 0 spiro atoms. The van der Waals surface area contributed by atoms with Gasteiger partial charge < -0.3 is 27.4 Å². The van der Waals surface area contributed by atoms with Crippen molar-refractivity contribution in [2.75, 3.05) is 0 Å². The van der Waals surface area contributed by atoms with Gasteiger partial charge in [-0.15, -0.1) is 0 Å². The number of hydrogen-bond acceptors (Lipinski definition) is 5. The predicted molar refractivity (Wildman–Crippen MR) is 15.4 cm³/mol. The second kappa shape index (κ2) is 195. The van der Waals surface area contributed by atoms with Gasteiger partial charge in [-0.3, -0.25) is 0 Å². The molecule has 0 aliphatic heterocycles. The second-order valence-corrected chi connectivity index (χ2v) is 0. The Bertz CT molecular complexity index is 8.04. The molecule has 0 saturated heterocycles. The molecule has 0 heterocycles. The van der Waals surface area contributed by atoms with E-state index in [4.69, 9.17) is 0 Å². The Morgan fingerprint density at radius 2 is 0.429 bits per heavy atom. The van der Waals surface area contributed by atoms with Crippen molar-refractivity contribution in [1.82, 2.24) is 0 Å². The van der Waals surface area contributed by atoms with E-state index in [1.807, 2.05) is 0 Å². The molecule has 45 valence electrons. The smallest absolute Gasteiger partial charge is 0.870 e. The summed E-state index contributed by atoms with van der Waals surface area (Å²) in [6.07, 6.45) is 0. The van der Waals surface area contributed by atoms with Crippen LogP contribution in [-0.2, 0) is 19.5 Å². The van der Waals surface area contributed by atoms with E-state index in [0.717, 1.165) is 0 Å². The van der Waals surface area contributed by atoms with E-state index in [-0.39, 0.29) is 69.9 Å². The van der Waals surface area contributed by atoms with Crippen LogP contribution < -0.4 is 0 Å². The summed E-state index contributed by atoms with van der Waals surface area (Å²) in [6.45, 7) is 0. The Kier molecular flexibility index (Phi) is 8320. The van der Waals surface area contributed by atoms with Gasteiger partial charge in [-0.25, -0.2) is 0 Å². The van der Waals surface area contributed by atoms with Crippen molar-refractivity contribution in [2.45, 2.75) is 0 Å². The van der Waals surface area contributed by atoms with Gasteiger partial charge in [0.2, 0.25) is 0 Å². The summed E-state index contributed by atoms with van der Waals surface area (Å²) < 4.78 is 0. The van der Waals surface area contributed by atoms with Crippen molar-refractivity contribution in [1.29, 1.82) is 0 Å². The fourth-order valence-electron chi connectivity index (χ4n) is 0. The molecule has 0 unspecified atom stereocenters. The van der Waals surface area contributed by atoms with Crippen LogP contribution in [-0.4, -0.2) is 50.4 Å². The predicted octanol–water partition coefficient (Wildman–Crippen LogP) is -1.27. The largest absolute Gasteiger partial charge is 3.00 e. The van der Waals surface area contributed by atoms with Crippen LogP contribution in [0.3, 0.4) is 0 Å². The molecule has 0 saturated carbocycles. The van der Waals surface area contributed by atoms with Crippen molar-refractivity contribution >= 4 is 23.1 Å². The first-order chi connectivity index (χ1) is 0. The molecular weight excluding hydrogens is 205 g/mol. The summed E-state index contributed by atoms with van der Waals surface area (Å²) in [7, 11) is 0. The van der Waals surface area contributed by atoms with Crippen molar-refractivity contribution < 1.29 is 46.9 Å². The van der Waals surface area contributed by atoms with Crippen LogP contribution >= 0.6 is 0 Å². The average molecular weight is 210 g/mol. The Balaban J connectivity index is 0. The molecule has 7 heteroatoms. The van der Waals surface area contributed by atoms with Crippen LogP contribution in [0.5, 0.6) is 0 Å². The van der Waals surface area contributed by atoms with Gasteiger partial charge in [-0.1, -0.05) is 0 Å². The molecule has 0 aromatic heterocycles. The third kappa shape index (κ3) is 137. The van der Waals surface area contributed by atoms with Gasteiger partial charge in [0.1, 0.15) is 0 Å². The van der Waals surface area contributed by atoms with Gasteiger partial charge in [0.05, 0.1) is 0 Å². The van der Waals surface area contributed by atoms with Crippen LogP contribution in [0, 0.1) is 0 Å². The maximum absolute atomic E-state index is 0. The molecule has 7 heavy (non-hydrogen) atoms. The van der Waals surface area contributed by atoms with Gasteiger partial charge in [-0.05, 0) is 0 Å². The van der Waals surface area contributed by atoms with Crippen molar-refractivity contribution in [3.63, 3.8) is 0 Å². The molecule has 0 aliphatic rings. The quantitative estimate of drug-likeness (QED) is 0.457. The molecular formula is H5MgO5Ru. The normalized spacial score (nSPS) is 0. The van der Waals surface area contributed by atoms with Crippen molar-refractivity contribution in [3.8, 4) is 0 Å². The molecule has 1 radical (unpaired) electrons. The zero-order valence-electron chi connectivity index (χ0n) is 3.30. The summed E-state index contributed by atoms with van der Waals surface area (Å²) in [6, 6.07) is 0. The molecule has 0 fully saturated rings. The van der Waals surface area contributed by atoms with E-state index in [1.54, 1.807) is 0 Å². The Morgan fingerprint density at radius 1 is 0.429 bits per heavy atom. The maximum atomic E-state index is 0. The van der Waals surface area contributed by atoms with Crippen LogP contribution in [0.4, 0.5) is 0 Å². The standard InChI is InChI=1S/Mg.5H2O.Ru/h;5*1H2;/q+2;;;;;;+3/p-5. The molecule has 0 rings (SSSR count). The minimum Gasteiger partial charge on any atom is -0.870 e. The van der Waals surface area contributed by atoms with Crippen LogP contribution in [0.1, 0.15) is 0 Å². The zero-order chi connectivity index (χ0) is 0. The Labute approximate surface area is 69.9 Å². The molecule has 0 atom stereocenters. The van der Waals surface area contributed by atoms with E-state index >= 15 is 0 Å². The van der Waals surface area contributed by atoms with E-state index in [2.05, 4.69) is 0 Å². The third-order valence-electron chi connectivity index (χ3n) is 0. The van der Waals surface area contributed by atoms with Crippen LogP contribution in [0.15, 0.2) is 0 Å². The molecule has 0 aromatic carbocycles. The van der Waals surface area contributed by atoms with Gasteiger partial charge in [0.25, 0.3) is 0 Å². The summed E-state index contributed by atoms with van der Waals surface area (Å²) in [5, 5.41) is 0. The fraction of sp³-hybridized carbons (Fsp3) is 0. The molecule has 0 bridgehead atoms. The summed E-state index contributed by atoms with van der Waals surface area (Å²) >= 11 is 0. The van der Waals surface area contributed by atoms with Gasteiger partial charge in [0.15, 0.2) is 0 Å². The fourth-order valence-corrected chi connectivity index (χ4v) is 0. The Morgan fingerprint density at radius 3 is 0.429 bits per heavy atom. The average Bonchev–Trinajstić information content (AvgIpc) is 0. The Hall–Kier alpha value is 1.19. The molecule has 0 amide bonds. The number of rotatable bonds is 0. The SMILES string of the molecule is [Mg+2].[OH-].[OH-].[OH-].[OH-].[OH-].[Ru+3]. The van der Waals surface area contributed by atoms with Gasteiger partial charge in [-0.2, -0.15) is 0 Å². The van der Waals surface area contributed by atoms with Crippen LogP contribution in [0.25, 0.3) is 0 Å². The van der Waals surface area contributed by atoms with Gasteiger partial charge in [0, 0.05) is 0 Å². The summed E-state index contributed by atoms with van der Waals surface area (Å²) in [4.78, 5) is 0. The first kappa shape index (κ1) is 299. The molecule has 0 aliphatic carbocycles. The van der Waals surface area contributed by atoms with E-state index in [0.29, 0.717) is 0 Å². The first-order valence-electron chi connectivity index (χ1n) is 0. The minimum absolute atomic E-state index is 0. The van der Waals surface area contributed by atoms with Crippen LogP contribution in [0.2, 0.25) is 0 Å². The molecule has 5 nitrogen and oxygen atoms in total. The van der Waals surface area contributed by atoms with E-state index in [1.165, 1.54) is 0 Å². The summed E-state index contributed by atoms with van der Waals surface area (Å²) in [5.41, 5.74) is 0. The molecule has 5 N–H and O–H groups in total. The van der Waals surface area contributed by atoms with Crippen molar-refractivity contribution in [2.24, 2.45) is 0 Å². The third-order valence-corrected chi connectivity index (χ3v) is 0. The first-order valence-corrected chi connectivity index (χ1v) is 0. The zero-order valence-corrected chi connectivity index (χ0v) is 6.45. The van der Waals surface area contributed by atoms with Gasteiger partial charge >= 0.3 is 42.5 Å². The molecule has 0 aromatic rings. The van der Waals surface area contributed by atoms with Crippen molar-refractivity contribution in [3.05, 3.63) is 0 Å². The monoisotopic (exact) mass is 211 g/mol.